The predicted molar refractivity (Wildman–Crippen MR) is 84.1 cm³/mol. The van der Waals surface area contributed by atoms with Crippen LogP contribution in [-0.2, 0) is 30.4 Å². The summed E-state index contributed by atoms with van der Waals surface area (Å²) in [6, 6.07) is 0. The van der Waals surface area contributed by atoms with Gasteiger partial charge in [0.15, 0.2) is 11.2 Å². The van der Waals surface area contributed by atoms with Crippen LogP contribution >= 0.6 is 0 Å². The third-order valence-corrected chi connectivity index (χ3v) is 3.05. The molecule has 0 atom stereocenters. The average molecular weight is 371 g/mol. The van der Waals surface area contributed by atoms with Crippen LogP contribution in [0.1, 0.15) is 0 Å². The molecule has 142 valence electrons. The van der Waals surface area contributed by atoms with Gasteiger partial charge in [-0.05, 0) is 0 Å². The molecule has 0 bridgehead atoms. The van der Waals surface area contributed by atoms with Gasteiger partial charge in [0.2, 0.25) is 5.95 Å². The molecule has 0 aliphatic heterocycles. The fourth-order valence-electron chi connectivity index (χ4n) is 1.84. The van der Waals surface area contributed by atoms with Crippen LogP contribution in [0.2, 0.25) is 0 Å². The molecule has 2 aromatic rings. The lowest BCUT2D eigenvalue weighted by Gasteiger charge is -2.17. The standard InChI is InChI=1S/C13H17N5O8/c1-22-12(20)24-3-7(4-25-13(21)23-2)26-6-18-5-15-8-9(18)16-11(14)17-10(8)19/h5,7H,3-4,6H2,1-2H3,(H3,14,16,17,19). The molecule has 0 amide bonds. The van der Waals surface area contributed by atoms with Gasteiger partial charge in [0.05, 0.1) is 20.5 Å². The minimum Gasteiger partial charge on any atom is -0.438 e. The first kappa shape index (κ1) is 19.0. The monoisotopic (exact) mass is 371 g/mol. The SMILES string of the molecule is COC(=O)OCC(COC(=O)OC)OCn1cnc2c(=O)[nH]c(N)nc21. The van der Waals surface area contributed by atoms with E-state index in [1.165, 1.54) is 10.9 Å². The summed E-state index contributed by atoms with van der Waals surface area (Å²) >= 11 is 0. The molecule has 0 spiro atoms. The van der Waals surface area contributed by atoms with Crippen molar-refractivity contribution >= 4 is 29.4 Å². The van der Waals surface area contributed by atoms with Gasteiger partial charge in [0.1, 0.15) is 26.0 Å². The van der Waals surface area contributed by atoms with E-state index in [1.54, 1.807) is 0 Å². The van der Waals surface area contributed by atoms with Crippen molar-refractivity contribution in [1.82, 2.24) is 19.5 Å². The zero-order valence-electron chi connectivity index (χ0n) is 14.0. The zero-order valence-corrected chi connectivity index (χ0v) is 14.0. The number of ether oxygens (including phenoxy) is 5. The van der Waals surface area contributed by atoms with Crippen LogP contribution in [0.15, 0.2) is 11.1 Å². The number of hydrogen-bond donors (Lipinski definition) is 2. The number of nitrogens with two attached hydrogens (primary N) is 1. The molecule has 0 fully saturated rings. The number of fused-ring (bicyclic) bond motifs is 1. The minimum absolute atomic E-state index is 0.0796. The van der Waals surface area contributed by atoms with Gasteiger partial charge in [-0.1, -0.05) is 0 Å². The lowest BCUT2D eigenvalue weighted by atomic mass is 10.4. The Labute approximate surface area is 146 Å². The Bertz CT molecular complexity index is 812. The van der Waals surface area contributed by atoms with E-state index in [0.717, 1.165) is 14.2 Å². The smallest absolute Gasteiger partial charge is 0.438 e. The van der Waals surface area contributed by atoms with Crippen molar-refractivity contribution in [3.8, 4) is 0 Å². The van der Waals surface area contributed by atoms with Crippen molar-refractivity contribution in [2.75, 3.05) is 33.2 Å². The molecule has 2 rings (SSSR count). The summed E-state index contributed by atoms with van der Waals surface area (Å²) in [5, 5.41) is 0. The molecule has 13 nitrogen and oxygen atoms in total. The van der Waals surface area contributed by atoms with Crippen molar-refractivity contribution in [1.29, 1.82) is 0 Å². The third-order valence-electron chi connectivity index (χ3n) is 3.05. The minimum atomic E-state index is -0.925. The number of nitrogens with zero attached hydrogens (tertiary/aromatic N) is 3. The van der Waals surface area contributed by atoms with E-state index < -0.39 is 24.0 Å². The van der Waals surface area contributed by atoms with E-state index in [-0.39, 0.29) is 37.1 Å². The molecule has 26 heavy (non-hydrogen) atoms. The topological polar surface area (TPSA) is 170 Å². The summed E-state index contributed by atoms with van der Waals surface area (Å²) in [5.41, 5.74) is 5.30. The van der Waals surface area contributed by atoms with Gasteiger partial charge in [0.25, 0.3) is 5.56 Å². The van der Waals surface area contributed by atoms with Crippen LogP contribution < -0.4 is 11.3 Å². The Morgan fingerprint density at radius 2 is 1.85 bits per heavy atom. The van der Waals surface area contributed by atoms with Gasteiger partial charge < -0.3 is 29.4 Å². The largest absolute Gasteiger partial charge is 0.508 e. The number of anilines is 1. The highest BCUT2D eigenvalue weighted by Gasteiger charge is 2.17. The highest BCUT2D eigenvalue weighted by molar-refractivity contribution is 5.70. The Balaban J connectivity index is 2.06. The Morgan fingerprint density at radius 3 is 2.42 bits per heavy atom. The number of carbonyl (C=O) groups excluding carboxylic acids is 2. The van der Waals surface area contributed by atoms with Gasteiger partial charge in [-0.15, -0.1) is 0 Å². The molecule has 2 heterocycles. The summed E-state index contributed by atoms with van der Waals surface area (Å²) in [6.45, 7) is -0.648. The van der Waals surface area contributed by atoms with Gasteiger partial charge >= 0.3 is 12.3 Å². The molecule has 0 unspecified atom stereocenters. The van der Waals surface area contributed by atoms with Gasteiger partial charge in [-0.25, -0.2) is 14.6 Å². The average Bonchev–Trinajstić information content (AvgIpc) is 3.03. The van der Waals surface area contributed by atoms with Crippen LogP contribution in [0.4, 0.5) is 15.5 Å². The lowest BCUT2D eigenvalue weighted by molar-refractivity contribution is -0.0681. The number of hydrogen-bond acceptors (Lipinski definition) is 11. The Kier molecular flexibility index (Phi) is 6.32. The molecular formula is C13H17N5O8. The fraction of sp³-hybridized carbons (Fsp3) is 0.462. The second-order valence-electron chi connectivity index (χ2n) is 4.79. The first-order valence-corrected chi connectivity index (χ1v) is 7.18. The zero-order chi connectivity index (χ0) is 19.1. The molecule has 0 saturated heterocycles. The summed E-state index contributed by atoms with van der Waals surface area (Å²) in [7, 11) is 2.29. The molecule has 0 aliphatic carbocycles. The van der Waals surface area contributed by atoms with E-state index in [9.17, 15) is 14.4 Å². The van der Waals surface area contributed by atoms with Gasteiger partial charge in [0, 0.05) is 0 Å². The number of aromatic nitrogens is 4. The number of methoxy groups -OCH3 is 2. The molecule has 2 aromatic heterocycles. The number of H-pyrrole nitrogens is 1. The van der Waals surface area contributed by atoms with E-state index >= 15 is 0 Å². The lowest BCUT2D eigenvalue weighted by Crippen LogP contribution is -2.29. The maximum atomic E-state index is 11.7. The van der Waals surface area contributed by atoms with Crippen LogP contribution in [0.5, 0.6) is 0 Å². The van der Waals surface area contributed by atoms with Crippen LogP contribution in [0.3, 0.4) is 0 Å². The molecule has 0 saturated carbocycles. The highest BCUT2D eigenvalue weighted by Crippen LogP contribution is 2.08. The maximum Gasteiger partial charge on any atom is 0.508 e. The first-order valence-electron chi connectivity index (χ1n) is 7.18. The molecule has 3 N–H and O–H groups in total. The Morgan fingerprint density at radius 1 is 1.23 bits per heavy atom. The number of rotatable bonds is 7. The van der Waals surface area contributed by atoms with Crippen molar-refractivity contribution in [3.63, 3.8) is 0 Å². The van der Waals surface area contributed by atoms with Crippen LogP contribution in [0, 0.1) is 0 Å². The van der Waals surface area contributed by atoms with Crippen LogP contribution in [0.25, 0.3) is 11.2 Å². The number of imidazole rings is 1. The van der Waals surface area contributed by atoms with Gasteiger partial charge in [-0.3, -0.25) is 14.3 Å². The maximum absolute atomic E-state index is 11.7. The van der Waals surface area contributed by atoms with E-state index in [0.29, 0.717) is 0 Å². The third kappa shape index (κ3) is 4.83. The first-order chi connectivity index (χ1) is 12.4. The van der Waals surface area contributed by atoms with Crippen LogP contribution in [-0.4, -0.2) is 65.4 Å². The summed E-state index contributed by atoms with van der Waals surface area (Å²) < 4.78 is 25.2. The number of nitrogens with one attached hydrogen (secondary N) is 1. The summed E-state index contributed by atoms with van der Waals surface area (Å²) in [6.07, 6.45) is -1.37. The number of carbonyl (C=O) groups is 2. The summed E-state index contributed by atoms with van der Waals surface area (Å²) in [5.74, 6) is -0.0798. The molecule has 0 aliphatic rings. The van der Waals surface area contributed by atoms with E-state index in [1.807, 2.05) is 0 Å². The van der Waals surface area contributed by atoms with Gasteiger partial charge in [-0.2, -0.15) is 4.98 Å². The number of nitrogen functional groups attached to an aromatic ring is 1. The second kappa shape index (κ2) is 8.66. The van der Waals surface area contributed by atoms with Crippen molar-refractivity contribution in [2.24, 2.45) is 0 Å². The summed E-state index contributed by atoms with van der Waals surface area (Å²) in [4.78, 5) is 44.1. The fourth-order valence-corrected chi connectivity index (χ4v) is 1.84. The molecule has 0 radical (unpaired) electrons. The predicted octanol–water partition coefficient (Wildman–Crippen LogP) is -0.389. The quantitative estimate of drug-likeness (QED) is 0.607. The Hall–Kier alpha value is -3.35. The molecule has 0 aromatic carbocycles. The van der Waals surface area contributed by atoms with E-state index in [4.69, 9.17) is 19.9 Å². The second-order valence-corrected chi connectivity index (χ2v) is 4.79. The highest BCUT2D eigenvalue weighted by atomic mass is 16.7. The van der Waals surface area contributed by atoms with Crippen molar-refractivity contribution in [3.05, 3.63) is 16.7 Å². The van der Waals surface area contributed by atoms with Crippen molar-refractivity contribution in [2.45, 2.75) is 12.8 Å². The normalized spacial score (nSPS) is 10.7. The molecular weight excluding hydrogens is 354 g/mol. The van der Waals surface area contributed by atoms with E-state index in [2.05, 4.69) is 24.4 Å². The van der Waals surface area contributed by atoms with Crippen molar-refractivity contribution < 1.29 is 33.3 Å². The molecule has 13 heteroatoms. The number of aromatic amines is 1.